The van der Waals surface area contributed by atoms with Crippen LogP contribution in [0.15, 0.2) is 24.5 Å². The van der Waals surface area contributed by atoms with Gasteiger partial charge in [-0.25, -0.2) is 9.97 Å². The Hall–Kier alpha value is -2.37. The lowest BCUT2D eigenvalue weighted by atomic mass is 10.2. The summed E-state index contributed by atoms with van der Waals surface area (Å²) in [6.07, 6.45) is 3.90. The Morgan fingerprint density at radius 2 is 2.21 bits per heavy atom. The van der Waals surface area contributed by atoms with Gasteiger partial charge in [0, 0.05) is 38.1 Å². The molecule has 2 aromatic rings. The molecule has 0 bridgehead atoms. The van der Waals surface area contributed by atoms with Gasteiger partial charge in [0.05, 0.1) is 5.69 Å². The van der Waals surface area contributed by atoms with Crippen molar-refractivity contribution in [1.29, 1.82) is 0 Å². The van der Waals surface area contributed by atoms with Crippen molar-refractivity contribution in [2.24, 2.45) is 7.05 Å². The van der Waals surface area contributed by atoms with Crippen LogP contribution in [0.25, 0.3) is 11.3 Å². The summed E-state index contributed by atoms with van der Waals surface area (Å²) in [6, 6.07) is 3.76. The summed E-state index contributed by atoms with van der Waals surface area (Å²) in [6.45, 7) is 1.70. The molecule has 0 unspecified atom stereocenters. The number of nitrogens with zero attached hydrogens (tertiary/aromatic N) is 4. The normalized spacial score (nSPS) is 10.5. The van der Waals surface area contributed by atoms with Gasteiger partial charge in [0.1, 0.15) is 18.2 Å². The highest BCUT2D eigenvalue weighted by Crippen LogP contribution is 2.21. The van der Waals surface area contributed by atoms with Crippen LogP contribution in [0, 0.1) is 6.92 Å². The van der Waals surface area contributed by atoms with E-state index in [1.807, 2.05) is 30.1 Å². The average molecular weight is 260 g/mol. The van der Waals surface area contributed by atoms with Gasteiger partial charge in [0.15, 0.2) is 0 Å². The van der Waals surface area contributed by atoms with Gasteiger partial charge in [-0.15, -0.1) is 0 Å². The van der Waals surface area contributed by atoms with Crippen molar-refractivity contribution >= 4 is 11.8 Å². The van der Waals surface area contributed by atoms with Crippen molar-refractivity contribution in [3.05, 3.63) is 30.4 Å². The number of hydrogen-bond donors (Lipinski definition) is 1. The second-order valence-electron chi connectivity index (χ2n) is 4.47. The SMILES string of the molecule is Cc1nc(-c2ccn(C)c2)cc(N(C)CC(=O)O)n1. The highest BCUT2D eigenvalue weighted by atomic mass is 16.4. The number of hydrogen-bond acceptors (Lipinski definition) is 4. The van der Waals surface area contributed by atoms with Crippen molar-refractivity contribution in [1.82, 2.24) is 14.5 Å². The molecule has 0 fully saturated rings. The van der Waals surface area contributed by atoms with E-state index in [0.29, 0.717) is 11.6 Å². The molecule has 0 spiro atoms. The van der Waals surface area contributed by atoms with Crippen LogP contribution in [0.5, 0.6) is 0 Å². The molecule has 2 aromatic heterocycles. The summed E-state index contributed by atoms with van der Waals surface area (Å²) in [5.41, 5.74) is 1.78. The molecule has 0 aliphatic heterocycles. The van der Waals surface area contributed by atoms with Crippen LogP contribution < -0.4 is 4.90 Å². The van der Waals surface area contributed by atoms with Crippen LogP contribution >= 0.6 is 0 Å². The Balaban J connectivity index is 2.37. The summed E-state index contributed by atoms with van der Waals surface area (Å²) in [4.78, 5) is 21.0. The fourth-order valence-corrected chi connectivity index (χ4v) is 1.83. The average Bonchev–Trinajstić information content (AvgIpc) is 2.74. The van der Waals surface area contributed by atoms with Crippen LogP contribution in [-0.4, -0.2) is 39.2 Å². The minimum atomic E-state index is -0.889. The van der Waals surface area contributed by atoms with E-state index in [4.69, 9.17) is 5.11 Å². The first kappa shape index (κ1) is 13.1. The van der Waals surface area contributed by atoms with Gasteiger partial charge in [0.25, 0.3) is 0 Å². The third kappa shape index (κ3) is 3.09. The summed E-state index contributed by atoms with van der Waals surface area (Å²) >= 11 is 0. The number of aliphatic carboxylic acids is 1. The summed E-state index contributed by atoms with van der Waals surface area (Å²) < 4.78 is 1.94. The predicted octanol–water partition coefficient (Wildman–Crippen LogP) is 1.31. The Morgan fingerprint density at radius 1 is 1.47 bits per heavy atom. The molecule has 0 radical (unpaired) electrons. The number of carboxylic acid groups (broad SMARTS) is 1. The van der Waals surface area contributed by atoms with E-state index in [1.54, 1.807) is 24.9 Å². The molecule has 1 N–H and O–H groups in total. The molecule has 0 amide bonds. The lowest BCUT2D eigenvalue weighted by Crippen LogP contribution is -2.26. The molecular formula is C13H16N4O2. The van der Waals surface area contributed by atoms with Gasteiger partial charge < -0.3 is 14.6 Å². The summed E-state index contributed by atoms with van der Waals surface area (Å²) in [5, 5.41) is 8.82. The van der Waals surface area contributed by atoms with Crippen LogP contribution in [0.1, 0.15) is 5.82 Å². The van der Waals surface area contributed by atoms with Crippen LogP contribution in [0.2, 0.25) is 0 Å². The number of carboxylic acids is 1. The molecule has 0 saturated heterocycles. The first-order valence-electron chi connectivity index (χ1n) is 5.86. The molecule has 0 aromatic carbocycles. The molecule has 19 heavy (non-hydrogen) atoms. The second kappa shape index (κ2) is 5.09. The van der Waals surface area contributed by atoms with E-state index in [0.717, 1.165) is 11.3 Å². The standard InChI is InChI=1S/C13H16N4O2/c1-9-14-11(10-4-5-16(2)7-10)6-12(15-9)17(3)8-13(18)19/h4-7H,8H2,1-3H3,(H,18,19). The maximum atomic E-state index is 10.7. The van der Waals surface area contributed by atoms with Gasteiger partial charge in [-0.3, -0.25) is 4.79 Å². The number of aromatic nitrogens is 3. The number of anilines is 1. The van der Waals surface area contributed by atoms with Crippen LogP contribution in [-0.2, 0) is 11.8 Å². The monoisotopic (exact) mass is 260 g/mol. The lowest BCUT2D eigenvalue weighted by Gasteiger charge is -2.16. The molecule has 0 aliphatic rings. The highest BCUT2D eigenvalue weighted by molar-refractivity contribution is 5.73. The zero-order chi connectivity index (χ0) is 14.0. The smallest absolute Gasteiger partial charge is 0.323 e. The van der Waals surface area contributed by atoms with E-state index >= 15 is 0 Å². The van der Waals surface area contributed by atoms with E-state index in [2.05, 4.69) is 9.97 Å². The van der Waals surface area contributed by atoms with Crippen LogP contribution in [0.4, 0.5) is 5.82 Å². The van der Waals surface area contributed by atoms with Crippen molar-refractivity contribution in [2.45, 2.75) is 6.92 Å². The quantitative estimate of drug-likeness (QED) is 0.897. The highest BCUT2D eigenvalue weighted by Gasteiger charge is 2.11. The van der Waals surface area contributed by atoms with Crippen molar-refractivity contribution < 1.29 is 9.90 Å². The molecule has 0 aliphatic carbocycles. The maximum Gasteiger partial charge on any atom is 0.323 e. The number of carbonyl (C=O) groups is 1. The van der Waals surface area contributed by atoms with E-state index < -0.39 is 5.97 Å². The zero-order valence-corrected chi connectivity index (χ0v) is 11.2. The van der Waals surface area contributed by atoms with Crippen molar-refractivity contribution in [2.75, 3.05) is 18.5 Å². The van der Waals surface area contributed by atoms with Gasteiger partial charge >= 0.3 is 5.97 Å². The first-order valence-corrected chi connectivity index (χ1v) is 5.86. The van der Waals surface area contributed by atoms with Crippen molar-refractivity contribution in [3.63, 3.8) is 0 Å². The molecule has 100 valence electrons. The van der Waals surface area contributed by atoms with E-state index in [1.165, 1.54) is 0 Å². The van der Waals surface area contributed by atoms with Crippen LogP contribution in [0.3, 0.4) is 0 Å². The fraction of sp³-hybridized carbons (Fsp3) is 0.308. The van der Waals surface area contributed by atoms with E-state index in [-0.39, 0.29) is 6.54 Å². The third-order valence-electron chi connectivity index (χ3n) is 2.72. The lowest BCUT2D eigenvalue weighted by molar-refractivity contribution is -0.135. The van der Waals surface area contributed by atoms with Gasteiger partial charge in [-0.1, -0.05) is 0 Å². The first-order chi connectivity index (χ1) is 8.95. The molecule has 2 heterocycles. The Bertz CT molecular complexity index is 606. The molecule has 0 saturated carbocycles. The predicted molar refractivity (Wildman–Crippen MR) is 72.1 cm³/mol. The topological polar surface area (TPSA) is 71.2 Å². The zero-order valence-electron chi connectivity index (χ0n) is 11.2. The Kier molecular flexibility index (Phi) is 3.50. The number of likely N-dealkylation sites (N-methyl/N-ethyl adjacent to an activating group) is 1. The van der Waals surface area contributed by atoms with Gasteiger partial charge in [-0.05, 0) is 13.0 Å². The Morgan fingerprint density at radius 3 is 2.79 bits per heavy atom. The van der Waals surface area contributed by atoms with Gasteiger partial charge in [0.2, 0.25) is 0 Å². The molecular weight excluding hydrogens is 244 g/mol. The summed E-state index contributed by atoms with van der Waals surface area (Å²) in [5.74, 6) is 0.336. The number of rotatable bonds is 4. The van der Waals surface area contributed by atoms with Gasteiger partial charge in [-0.2, -0.15) is 0 Å². The minimum Gasteiger partial charge on any atom is -0.480 e. The molecule has 0 atom stereocenters. The molecule has 6 heteroatoms. The van der Waals surface area contributed by atoms with Crippen molar-refractivity contribution in [3.8, 4) is 11.3 Å². The molecule has 2 rings (SSSR count). The fourth-order valence-electron chi connectivity index (χ4n) is 1.83. The summed E-state index contributed by atoms with van der Waals surface area (Å²) in [7, 11) is 3.64. The third-order valence-corrected chi connectivity index (χ3v) is 2.72. The van der Waals surface area contributed by atoms with E-state index in [9.17, 15) is 4.79 Å². The largest absolute Gasteiger partial charge is 0.480 e. The molecule has 6 nitrogen and oxygen atoms in total. The number of aryl methyl sites for hydroxylation is 2. The maximum absolute atomic E-state index is 10.7. The second-order valence-corrected chi connectivity index (χ2v) is 4.47. The minimum absolute atomic E-state index is 0.0926. The Labute approximate surface area is 111 Å².